The molecule has 1 amide bonds. The van der Waals surface area contributed by atoms with E-state index in [1.54, 1.807) is 6.07 Å². The third-order valence-corrected chi connectivity index (χ3v) is 4.38. The van der Waals surface area contributed by atoms with E-state index in [0.29, 0.717) is 24.0 Å². The molecule has 1 fully saturated rings. The van der Waals surface area contributed by atoms with Crippen LogP contribution in [0.2, 0.25) is 0 Å². The summed E-state index contributed by atoms with van der Waals surface area (Å²) in [6.07, 6.45) is 2.26. The average molecular weight is 324 g/mol. The van der Waals surface area contributed by atoms with Gasteiger partial charge in [-0.1, -0.05) is 36.8 Å². The third kappa shape index (κ3) is 4.10. The standard InChI is InChI=1S/C19H24N4O/c1-14-5-3-7-16(11-14)12-20-18-9-8-17(21-22-18)19(24)23-10-4-6-15(2)13-23/h3,5,7-9,11,15H,4,6,10,12-13H2,1-2H3,(H,20,22). The molecule has 1 atom stereocenters. The number of rotatable bonds is 4. The summed E-state index contributed by atoms with van der Waals surface area (Å²) in [5.41, 5.74) is 2.85. The van der Waals surface area contributed by atoms with Crippen molar-refractivity contribution < 1.29 is 4.79 Å². The molecule has 126 valence electrons. The van der Waals surface area contributed by atoms with Gasteiger partial charge in [0.15, 0.2) is 5.69 Å². The highest BCUT2D eigenvalue weighted by Gasteiger charge is 2.23. The van der Waals surface area contributed by atoms with Gasteiger partial charge in [-0.25, -0.2) is 0 Å². The number of piperidine rings is 1. The SMILES string of the molecule is Cc1cccc(CNc2ccc(C(=O)N3CCCC(C)C3)nn2)c1. The highest BCUT2D eigenvalue weighted by atomic mass is 16.2. The molecule has 5 nitrogen and oxygen atoms in total. The van der Waals surface area contributed by atoms with Crippen LogP contribution in [0.4, 0.5) is 5.82 Å². The molecular formula is C19H24N4O. The largest absolute Gasteiger partial charge is 0.365 e. The molecule has 0 saturated carbocycles. The van der Waals surface area contributed by atoms with E-state index in [9.17, 15) is 4.79 Å². The molecule has 0 bridgehead atoms. The molecule has 1 aromatic heterocycles. The summed E-state index contributed by atoms with van der Waals surface area (Å²) in [5, 5.41) is 11.5. The zero-order valence-electron chi connectivity index (χ0n) is 14.3. The van der Waals surface area contributed by atoms with Crippen molar-refractivity contribution in [1.29, 1.82) is 0 Å². The molecule has 0 spiro atoms. The first-order valence-corrected chi connectivity index (χ1v) is 8.54. The van der Waals surface area contributed by atoms with Crippen molar-refractivity contribution in [3.05, 3.63) is 53.2 Å². The number of hydrogen-bond donors (Lipinski definition) is 1. The van der Waals surface area contributed by atoms with Crippen LogP contribution in [-0.2, 0) is 6.54 Å². The molecule has 1 saturated heterocycles. The fourth-order valence-corrected chi connectivity index (χ4v) is 3.09. The number of nitrogens with zero attached hydrogens (tertiary/aromatic N) is 3. The maximum atomic E-state index is 12.5. The number of aryl methyl sites for hydroxylation is 1. The smallest absolute Gasteiger partial charge is 0.274 e. The quantitative estimate of drug-likeness (QED) is 0.938. The van der Waals surface area contributed by atoms with Gasteiger partial charge in [0.05, 0.1) is 0 Å². The van der Waals surface area contributed by atoms with Crippen molar-refractivity contribution in [3.8, 4) is 0 Å². The number of amides is 1. The fourth-order valence-electron chi connectivity index (χ4n) is 3.09. The topological polar surface area (TPSA) is 58.1 Å². The summed E-state index contributed by atoms with van der Waals surface area (Å²) in [4.78, 5) is 14.4. The Morgan fingerprint density at radius 3 is 2.88 bits per heavy atom. The molecule has 1 N–H and O–H groups in total. The van der Waals surface area contributed by atoms with Crippen LogP contribution < -0.4 is 5.32 Å². The lowest BCUT2D eigenvalue weighted by Gasteiger charge is -2.30. The van der Waals surface area contributed by atoms with Gasteiger partial charge in [0.2, 0.25) is 0 Å². The maximum absolute atomic E-state index is 12.5. The van der Waals surface area contributed by atoms with E-state index in [1.165, 1.54) is 17.5 Å². The number of carbonyl (C=O) groups excluding carboxylic acids is 1. The summed E-state index contributed by atoms with van der Waals surface area (Å²) in [7, 11) is 0. The summed E-state index contributed by atoms with van der Waals surface area (Å²) in [6, 6.07) is 11.9. The van der Waals surface area contributed by atoms with Gasteiger partial charge >= 0.3 is 0 Å². The van der Waals surface area contributed by atoms with Crippen LogP contribution in [0.1, 0.15) is 41.4 Å². The summed E-state index contributed by atoms with van der Waals surface area (Å²) < 4.78 is 0. The Hall–Kier alpha value is -2.43. The lowest BCUT2D eigenvalue weighted by molar-refractivity contribution is 0.0676. The molecule has 2 heterocycles. The molecule has 0 radical (unpaired) electrons. The van der Waals surface area contributed by atoms with Gasteiger partial charge in [0.25, 0.3) is 5.91 Å². The Balaban J connectivity index is 1.59. The molecule has 0 aliphatic carbocycles. The minimum Gasteiger partial charge on any atom is -0.365 e. The Morgan fingerprint density at radius 1 is 1.29 bits per heavy atom. The van der Waals surface area contributed by atoms with Crippen LogP contribution in [0.5, 0.6) is 0 Å². The lowest BCUT2D eigenvalue weighted by Crippen LogP contribution is -2.39. The fraction of sp³-hybridized carbons (Fsp3) is 0.421. The Morgan fingerprint density at radius 2 is 2.17 bits per heavy atom. The summed E-state index contributed by atoms with van der Waals surface area (Å²) in [6.45, 7) is 6.58. The second-order valence-electron chi connectivity index (χ2n) is 6.64. The van der Waals surface area contributed by atoms with E-state index in [4.69, 9.17) is 0 Å². The molecular weight excluding hydrogens is 300 g/mol. The number of aromatic nitrogens is 2. The molecule has 24 heavy (non-hydrogen) atoms. The zero-order valence-corrected chi connectivity index (χ0v) is 14.3. The van der Waals surface area contributed by atoms with Crippen molar-refractivity contribution in [2.45, 2.75) is 33.2 Å². The van der Waals surface area contributed by atoms with Crippen LogP contribution in [0.15, 0.2) is 36.4 Å². The van der Waals surface area contributed by atoms with E-state index in [0.717, 1.165) is 19.5 Å². The van der Waals surface area contributed by atoms with Crippen LogP contribution >= 0.6 is 0 Å². The first kappa shape index (κ1) is 16.4. The predicted molar refractivity (Wildman–Crippen MR) is 94.8 cm³/mol. The van der Waals surface area contributed by atoms with E-state index in [-0.39, 0.29) is 5.91 Å². The normalized spacial score (nSPS) is 17.6. The van der Waals surface area contributed by atoms with E-state index >= 15 is 0 Å². The molecule has 1 aliphatic heterocycles. The van der Waals surface area contributed by atoms with Gasteiger partial charge in [-0.3, -0.25) is 4.79 Å². The van der Waals surface area contributed by atoms with E-state index in [2.05, 4.69) is 47.6 Å². The molecule has 2 aromatic rings. The van der Waals surface area contributed by atoms with Gasteiger partial charge in [-0.2, -0.15) is 0 Å². The summed E-state index contributed by atoms with van der Waals surface area (Å²) in [5.74, 6) is 1.23. The molecule has 1 aromatic carbocycles. The Labute approximate surface area is 143 Å². The Bertz CT molecular complexity index is 699. The van der Waals surface area contributed by atoms with Crippen molar-refractivity contribution in [1.82, 2.24) is 15.1 Å². The van der Waals surface area contributed by atoms with Crippen molar-refractivity contribution in [2.24, 2.45) is 5.92 Å². The highest BCUT2D eigenvalue weighted by Crippen LogP contribution is 2.17. The van der Waals surface area contributed by atoms with Gasteiger partial charge in [0.1, 0.15) is 5.82 Å². The van der Waals surface area contributed by atoms with Gasteiger partial charge in [-0.15, -0.1) is 10.2 Å². The van der Waals surface area contributed by atoms with Gasteiger partial charge < -0.3 is 10.2 Å². The second-order valence-corrected chi connectivity index (χ2v) is 6.64. The average Bonchev–Trinajstić information content (AvgIpc) is 2.60. The number of benzene rings is 1. The minimum absolute atomic E-state index is 0.0146. The number of likely N-dealkylation sites (tertiary alicyclic amines) is 1. The maximum Gasteiger partial charge on any atom is 0.274 e. The molecule has 1 aliphatic rings. The van der Waals surface area contributed by atoms with Crippen molar-refractivity contribution >= 4 is 11.7 Å². The van der Waals surface area contributed by atoms with E-state index < -0.39 is 0 Å². The zero-order chi connectivity index (χ0) is 16.9. The Kier molecular flexibility index (Phi) is 5.08. The van der Waals surface area contributed by atoms with Crippen molar-refractivity contribution in [3.63, 3.8) is 0 Å². The van der Waals surface area contributed by atoms with Crippen LogP contribution in [-0.4, -0.2) is 34.1 Å². The van der Waals surface area contributed by atoms with Crippen molar-refractivity contribution in [2.75, 3.05) is 18.4 Å². The predicted octanol–water partition coefficient (Wildman–Crippen LogP) is 3.27. The van der Waals surface area contributed by atoms with Crippen LogP contribution in [0.25, 0.3) is 0 Å². The molecule has 1 unspecified atom stereocenters. The lowest BCUT2D eigenvalue weighted by atomic mass is 10.00. The van der Waals surface area contributed by atoms with Gasteiger partial charge in [0, 0.05) is 19.6 Å². The third-order valence-electron chi connectivity index (χ3n) is 4.38. The second kappa shape index (κ2) is 7.43. The van der Waals surface area contributed by atoms with Crippen LogP contribution in [0, 0.1) is 12.8 Å². The first-order valence-electron chi connectivity index (χ1n) is 8.54. The van der Waals surface area contributed by atoms with E-state index in [1.807, 2.05) is 17.0 Å². The summed E-state index contributed by atoms with van der Waals surface area (Å²) >= 11 is 0. The monoisotopic (exact) mass is 324 g/mol. The highest BCUT2D eigenvalue weighted by molar-refractivity contribution is 5.92. The number of nitrogens with one attached hydrogen (secondary N) is 1. The van der Waals surface area contributed by atoms with Gasteiger partial charge in [-0.05, 0) is 43.4 Å². The first-order chi connectivity index (χ1) is 11.6. The minimum atomic E-state index is -0.0146. The number of hydrogen-bond acceptors (Lipinski definition) is 4. The molecule has 3 rings (SSSR count). The number of anilines is 1. The number of carbonyl (C=O) groups is 1. The molecule has 5 heteroatoms. The van der Waals surface area contributed by atoms with Crippen LogP contribution in [0.3, 0.4) is 0 Å².